The van der Waals surface area contributed by atoms with E-state index in [2.05, 4.69) is 20.8 Å². The molecule has 3 N–H and O–H groups in total. The highest BCUT2D eigenvalue weighted by molar-refractivity contribution is 7.71. The lowest BCUT2D eigenvalue weighted by atomic mass is 10.0. The predicted molar refractivity (Wildman–Crippen MR) is 118 cm³/mol. The molecule has 0 aliphatic carbocycles. The van der Waals surface area contributed by atoms with Gasteiger partial charge in [-0.1, -0.05) is 48.0 Å². The Bertz CT molecular complexity index is 1020. The molecule has 3 aromatic rings. The Morgan fingerprint density at radius 1 is 1.14 bits per heavy atom. The van der Waals surface area contributed by atoms with E-state index in [1.54, 1.807) is 0 Å². The monoisotopic (exact) mass is 409 g/mol. The maximum atomic E-state index is 12.6. The molecular formula is C22H27N5OS. The molecule has 1 heterocycles. The van der Waals surface area contributed by atoms with Gasteiger partial charge in [-0.2, -0.15) is 5.10 Å². The lowest BCUT2D eigenvalue weighted by Crippen LogP contribution is -2.48. The number of rotatable bonds is 5. The maximum Gasteiger partial charge on any atom is 0.315 e. The van der Waals surface area contributed by atoms with Crippen LogP contribution >= 0.6 is 12.2 Å². The van der Waals surface area contributed by atoms with Crippen LogP contribution in [0.4, 0.5) is 4.79 Å². The first kappa shape index (κ1) is 20.8. The standard InChI is InChI=1S/C22H27N5OS/c1-15-10-12-17(13-11-15)27-19(25-26-21(27)29)18(14-16-8-6-5-7-9-16)23-20(28)24-22(2,3)4/h5-13,18H,14H2,1-4H3,(H,26,29)(H2,23,24,28)/t18-/m0/s1. The van der Waals surface area contributed by atoms with Gasteiger partial charge in [0.25, 0.3) is 0 Å². The molecule has 0 aliphatic rings. The van der Waals surface area contributed by atoms with E-state index in [4.69, 9.17) is 12.2 Å². The van der Waals surface area contributed by atoms with Crippen LogP contribution in [0.2, 0.25) is 0 Å². The summed E-state index contributed by atoms with van der Waals surface area (Å²) >= 11 is 5.49. The second kappa shape index (κ2) is 8.61. The average molecular weight is 410 g/mol. The summed E-state index contributed by atoms with van der Waals surface area (Å²) in [6.07, 6.45) is 0.587. The summed E-state index contributed by atoms with van der Waals surface area (Å²) in [7, 11) is 0. The van der Waals surface area contributed by atoms with Crippen LogP contribution in [-0.2, 0) is 6.42 Å². The van der Waals surface area contributed by atoms with Gasteiger partial charge in [-0.15, -0.1) is 0 Å². The molecule has 2 aromatic carbocycles. The number of aryl methyl sites for hydroxylation is 1. The highest BCUT2D eigenvalue weighted by atomic mass is 32.1. The molecule has 7 heteroatoms. The van der Waals surface area contributed by atoms with Gasteiger partial charge in [0.05, 0.1) is 6.04 Å². The van der Waals surface area contributed by atoms with Crippen LogP contribution in [0.5, 0.6) is 0 Å². The molecule has 3 rings (SSSR count). The van der Waals surface area contributed by atoms with Gasteiger partial charge in [-0.05, 0) is 57.6 Å². The molecule has 0 unspecified atom stereocenters. The van der Waals surface area contributed by atoms with E-state index in [-0.39, 0.29) is 17.6 Å². The molecule has 152 valence electrons. The Morgan fingerprint density at radius 3 is 2.41 bits per heavy atom. The zero-order chi connectivity index (χ0) is 21.0. The fourth-order valence-corrected chi connectivity index (χ4v) is 3.32. The zero-order valence-corrected chi connectivity index (χ0v) is 18.0. The minimum Gasteiger partial charge on any atom is -0.334 e. The molecule has 6 nitrogen and oxygen atoms in total. The number of nitrogens with one attached hydrogen (secondary N) is 3. The zero-order valence-electron chi connectivity index (χ0n) is 17.2. The summed E-state index contributed by atoms with van der Waals surface area (Å²) in [6, 6.07) is 17.5. The van der Waals surface area contributed by atoms with Gasteiger partial charge in [0.15, 0.2) is 10.6 Å². The first-order valence-electron chi connectivity index (χ1n) is 9.60. The fourth-order valence-electron chi connectivity index (χ4n) is 3.08. The second-order valence-corrected chi connectivity index (χ2v) is 8.54. The Hall–Kier alpha value is -2.93. The number of hydrogen-bond acceptors (Lipinski definition) is 3. The van der Waals surface area contributed by atoms with Crippen molar-refractivity contribution in [2.24, 2.45) is 0 Å². The number of benzene rings is 2. The molecule has 0 saturated carbocycles. The third-order valence-electron chi connectivity index (χ3n) is 4.38. The van der Waals surface area contributed by atoms with Crippen LogP contribution in [0.1, 0.15) is 43.8 Å². The number of carbonyl (C=O) groups excluding carboxylic acids is 1. The first-order valence-corrected chi connectivity index (χ1v) is 10.0. The third-order valence-corrected chi connectivity index (χ3v) is 4.65. The number of aromatic amines is 1. The van der Waals surface area contributed by atoms with E-state index >= 15 is 0 Å². The van der Waals surface area contributed by atoms with Crippen molar-refractivity contribution in [3.63, 3.8) is 0 Å². The number of amides is 2. The van der Waals surface area contributed by atoms with Gasteiger partial charge in [0.2, 0.25) is 0 Å². The Morgan fingerprint density at radius 2 is 1.79 bits per heavy atom. The van der Waals surface area contributed by atoms with Gasteiger partial charge >= 0.3 is 6.03 Å². The van der Waals surface area contributed by atoms with Crippen molar-refractivity contribution in [2.45, 2.75) is 45.7 Å². The summed E-state index contributed by atoms with van der Waals surface area (Å²) < 4.78 is 2.36. The average Bonchev–Trinajstić information content (AvgIpc) is 3.03. The van der Waals surface area contributed by atoms with E-state index in [1.165, 1.54) is 0 Å². The van der Waals surface area contributed by atoms with Crippen LogP contribution in [0.25, 0.3) is 5.69 Å². The molecule has 0 radical (unpaired) electrons. The van der Waals surface area contributed by atoms with E-state index in [1.807, 2.05) is 86.9 Å². The van der Waals surface area contributed by atoms with E-state index in [9.17, 15) is 4.79 Å². The fraction of sp³-hybridized carbons (Fsp3) is 0.318. The molecule has 0 spiro atoms. The predicted octanol–water partition coefficient (Wildman–Crippen LogP) is 4.62. The topological polar surface area (TPSA) is 74.7 Å². The molecule has 29 heavy (non-hydrogen) atoms. The number of urea groups is 1. The van der Waals surface area contributed by atoms with Crippen molar-refractivity contribution in [3.05, 3.63) is 76.3 Å². The number of aromatic nitrogens is 3. The molecular weight excluding hydrogens is 382 g/mol. The molecule has 2 amide bonds. The minimum absolute atomic E-state index is 0.247. The maximum absolute atomic E-state index is 12.6. The Kier molecular flexibility index (Phi) is 6.17. The number of carbonyl (C=O) groups is 1. The minimum atomic E-state index is -0.367. The quantitative estimate of drug-likeness (QED) is 0.538. The largest absolute Gasteiger partial charge is 0.334 e. The molecule has 0 bridgehead atoms. The van der Waals surface area contributed by atoms with Gasteiger partial charge in [0.1, 0.15) is 0 Å². The summed E-state index contributed by atoms with van der Waals surface area (Å²) in [5.74, 6) is 0.659. The smallest absolute Gasteiger partial charge is 0.315 e. The molecule has 0 saturated heterocycles. The number of hydrogen-bond donors (Lipinski definition) is 3. The Balaban J connectivity index is 1.99. The normalized spacial score (nSPS) is 12.4. The number of nitrogens with zero attached hydrogens (tertiary/aromatic N) is 2. The first-order chi connectivity index (χ1) is 13.7. The van der Waals surface area contributed by atoms with E-state index in [0.29, 0.717) is 17.0 Å². The van der Waals surface area contributed by atoms with Crippen molar-refractivity contribution in [3.8, 4) is 5.69 Å². The lowest BCUT2D eigenvalue weighted by molar-refractivity contribution is 0.227. The van der Waals surface area contributed by atoms with Crippen LogP contribution in [-0.4, -0.2) is 26.3 Å². The SMILES string of the molecule is Cc1ccc(-n2c([C@H](Cc3ccccc3)NC(=O)NC(C)(C)C)n[nH]c2=S)cc1. The summed E-state index contributed by atoms with van der Waals surface area (Å²) in [4.78, 5) is 12.6. The van der Waals surface area contributed by atoms with Crippen molar-refractivity contribution in [2.75, 3.05) is 0 Å². The summed E-state index contributed by atoms with van der Waals surface area (Å²) in [5.41, 5.74) is 2.82. The second-order valence-electron chi connectivity index (χ2n) is 8.15. The van der Waals surface area contributed by atoms with Crippen LogP contribution in [0.15, 0.2) is 54.6 Å². The summed E-state index contributed by atoms with van der Waals surface area (Å²) in [5, 5.41) is 13.4. The Labute approximate surface area is 176 Å². The van der Waals surface area contributed by atoms with Crippen molar-refractivity contribution >= 4 is 18.2 Å². The lowest BCUT2D eigenvalue weighted by Gasteiger charge is -2.24. The van der Waals surface area contributed by atoms with Gasteiger partial charge in [0, 0.05) is 17.6 Å². The van der Waals surface area contributed by atoms with Gasteiger partial charge in [-0.25, -0.2) is 4.79 Å². The molecule has 1 aromatic heterocycles. The van der Waals surface area contributed by atoms with Crippen molar-refractivity contribution in [1.29, 1.82) is 0 Å². The highest BCUT2D eigenvalue weighted by Gasteiger charge is 2.24. The van der Waals surface area contributed by atoms with Gasteiger partial charge < -0.3 is 10.6 Å². The third kappa shape index (κ3) is 5.54. The van der Waals surface area contributed by atoms with Gasteiger partial charge in [-0.3, -0.25) is 9.67 Å². The van der Waals surface area contributed by atoms with Crippen molar-refractivity contribution in [1.82, 2.24) is 25.4 Å². The van der Waals surface area contributed by atoms with Crippen LogP contribution in [0, 0.1) is 11.7 Å². The molecule has 0 aliphatic heterocycles. The molecule has 0 fully saturated rings. The molecule has 1 atom stereocenters. The summed E-state index contributed by atoms with van der Waals surface area (Å²) in [6.45, 7) is 7.87. The van der Waals surface area contributed by atoms with Crippen LogP contribution in [0.3, 0.4) is 0 Å². The van der Waals surface area contributed by atoms with E-state index < -0.39 is 0 Å². The van der Waals surface area contributed by atoms with Crippen molar-refractivity contribution < 1.29 is 4.79 Å². The van der Waals surface area contributed by atoms with E-state index in [0.717, 1.165) is 16.8 Å². The van der Waals surface area contributed by atoms with Crippen LogP contribution < -0.4 is 10.6 Å². The number of H-pyrrole nitrogens is 1. The highest BCUT2D eigenvalue weighted by Crippen LogP contribution is 2.21.